The highest BCUT2D eigenvalue weighted by Gasteiger charge is 2.37. The van der Waals surface area contributed by atoms with Crippen LogP contribution in [0.3, 0.4) is 0 Å². The Morgan fingerprint density at radius 3 is 2.73 bits per heavy atom. The first-order valence-electron chi connectivity index (χ1n) is 8.42. The number of halogens is 4. The summed E-state index contributed by atoms with van der Waals surface area (Å²) >= 11 is 3.31. The maximum atomic E-state index is 12.8. The first-order chi connectivity index (χ1) is 12.3. The summed E-state index contributed by atoms with van der Waals surface area (Å²) in [6.07, 6.45) is 1.64. The molecular formula is C16H19BrF3N5O. The molecular weight excluding hydrogens is 415 g/mol. The molecule has 0 saturated heterocycles. The topological polar surface area (TPSA) is 64.7 Å². The number of nitrogens with zero attached hydrogens (tertiary/aromatic N) is 4. The number of nitrogens with one attached hydrogen (secondary N) is 1. The number of aryl methyl sites for hydroxylation is 2. The number of hydrogen-bond acceptors (Lipinski definition) is 3. The first kappa shape index (κ1) is 18.9. The summed E-state index contributed by atoms with van der Waals surface area (Å²) in [5.74, 6) is -0.0625. The van der Waals surface area contributed by atoms with Crippen molar-refractivity contribution in [3.8, 4) is 0 Å². The third-order valence-corrected chi connectivity index (χ3v) is 4.55. The van der Waals surface area contributed by atoms with E-state index in [1.807, 2.05) is 6.20 Å². The van der Waals surface area contributed by atoms with E-state index in [-0.39, 0.29) is 24.8 Å². The quantitative estimate of drug-likeness (QED) is 0.649. The van der Waals surface area contributed by atoms with Gasteiger partial charge in [-0.15, -0.1) is 0 Å². The molecule has 1 aliphatic carbocycles. The van der Waals surface area contributed by atoms with Crippen molar-refractivity contribution in [3.05, 3.63) is 34.3 Å². The van der Waals surface area contributed by atoms with Crippen LogP contribution in [0.15, 0.2) is 22.9 Å². The highest BCUT2D eigenvalue weighted by Crippen LogP contribution is 2.42. The summed E-state index contributed by atoms with van der Waals surface area (Å²) < 4.78 is 42.5. The minimum atomic E-state index is -4.46. The third kappa shape index (κ3) is 5.09. The van der Waals surface area contributed by atoms with Crippen LogP contribution in [0, 0.1) is 0 Å². The van der Waals surface area contributed by atoms with Crippen molar-refractivity contribution in [2.24, 2.45) is 0 Å². The molecule has 2 aromatic heterocycles. The Kier molecular flexibility index (Phi) is 5.69. The van der Waals surface area contributed by atoms with Crippen LogP contribution in [0.25, 0.3) is 0 Å². The molecule has 3 rings (SSSR count). The Labute approximate surface area is 156 Å². The van der Waals surface area contributed by atoms with Gasteiger partial charge in [0, 0.05) is 43.9 Å². The lowest BCUT2D eigenvalue weighted by atomic mass is 10.2. The van der Waals surface area contributed by atoms with Gasteiger partial charge in [0.05, 0.1) is 10.7 Å². The predicted octanol–water partition coefficient (Wildman–Crippen LogP) is 3.33. The number of hydrogen-bond donors (Lipinski definition) is 1. The minimum Gasteiger partial charge on any atom is -0.356 e. The smallest absolute Gasteiger partial charge is 0.356 e. The van der Waals surface area contributed by atoms with Gasteiger partial charge >= 0.3 is 6.18 Å². The standard InChI is InChI=1S/C16H19BrF3N5O/c17-12-9-22-24(10-12)6-1-5-21-15(26)4-7-25-13(11-2-3-11)8-14(23-25)16(18,19)20/h8-11H,1-7H2,(H,21,26). The molecule has 1 N–H and O–H groups in total. The lowest BCUT2D eigenvalue weighted by molar-refractivity contribution is -0.141. The maximum Gasteiger partial charge on any atom is 0.435 e. The molecule has 0 unspecified atom stereocenters. The fourth-order valence-electron chi connectivity index (χ4n) is 2.68. The molecule has 0 atom stereocenters. The Hall–Kier alpha value is -1.84. The maximum absolute atomic E-state index is 12.8. The van der Waals surface area contributed by atoms with Crippen LogP contribution < -0.4 is 5.32 Å². The molecule has 1 aliphatic rings. The molecule has 142 valence electrons. The summed E-state index contributed by atoms with van der Waals surface area (Å²) in [6.45, 7) is 1.31. The molecule has 1 amide bonds. The number of alkyl halides is 3. The van der Waals surface area contributed by atoms with Gasteiger partial charge in [-0.05, 0) is 41.3 Å². The lowest BCUT2D eigenvalue weighted by Crippen LogP contribution is -2.26. The average molecular weight is 434 g/mol. The van der Waals surface area contributed by atoms with Gasteiger partial charge in [-0.3, -0.25) is 14.2 Å². The Balaban J connectivity index is 1.44. The second kappa shape index (κ2) is 7.81. The van der Waals surface area contributed by atoms with E-state index in [1.54, 1.807) is 10.9 Å². The summed E-state index contributed by atoms with van der Waals surface area (Å²) in [6, 6.07) is 1.11. The van der Waals surface area contributed by atoms with Crippen molar-refractivity contribution in [2.75, 3.05) is 6.54 Å². The zero-order valence-electron chi connectivity index (χ0n) is 14.0. The van der Waals surface area contributed by atoms with Gasteiger partial charge in [0.25, 0.3) is 0 Å². The minimum absolute atomic E-state index is 0.103. The molecule has 0 radical (unpaired) electrons. The van der Waals surface area contributed by atoms with Gasteiger partial charge in [-0.25, -0.2) is 0 Å². The molecule has 6 nitrogen and oxygen atoms in total. The van der Waals surface area contributed by atoms with E-state index in [9.17, 15) is 18.0 Å². The largest absolute Gasteiger partial charge is 0.435 e. The fourth-order valence-corrected chi connectivity index (χ4v) is 3.01. The van der Waals surface area contributed by atoms with Crippen LogP contribution in [0.4, 0.5) is 13.2 Å². The molecule has 0 spiro atoms. The van der Waals surface area contributed by atoms with Crippen LogP contribution in [0.2, 0.25) is 0 Å². The van der Waals surface area contributed by atoms with Crippen LogP contribution in [-0.4, -0.2) is 32.0 Å². The van der Waals surface area contributed by atoms with Crippen LogP contribution in [-0.2, 0) is 24.1 Å². The zero-order chi connectivity index (χ0) is 18.7. The molecule has 2 heterocycles. The second-order valence-electron chi connectivity index (χ2n) is 6.32. The van der Waals surface area contributed by atoms with Gasteiger partial charge in [-0.2, -0.15) is 23.4 Å². The van der Waals surface area contributed by atoms with Crippen molar-refractivity contribution >= 4 is 21.8 Å². The summed E-state index contributed by atoms with van der Waals surface area (Å²) in [7, 11) is 0. The van der Waals surface area contributed by atoms with Crippen molar-refractivity contribution in [1.82, 2.24) is 24.9 Å². The second-order valence-corrected chi connectivity index (χ2v) is 7.24. The van der Waals surface area contributed by atoms with Crippen molar-refractivity contribution < 1.29 is 18.0 Å². The monoisotopic (exact) mass is 433 g/mol. The summed E-state index contributed by atoms with van der Waals surface area (Å²) in [4.78, 5) is 11.9. The number of aromatic nitrogens is 4. The van der Waals surface area contributed by atoms with E-state index < -0.39 is 11.9 Å². The third-order valence-electron chi connectivity index (χ3n) is 4.14. The van der Waals surface area contributed by atoms with E-state index >= 15 is 0 Å². The number of amides is 1. The molecule has 0 aliphatic heterocycles. The molecule has 10 heteroatoms. The van der Waals surface area contributed by atoms with Crippen molar-refractivity contribution in [3.63, 3.8) is 0 Å². The van der Waals surface area contributed by atoms with Gasteiger partial charge in [0.15, 0.2) is 5.69 Å². The Bertz CT molecular complexity index is 766. The number of rotatable bonds is 8. The van der Waals surface area contributed by atoms with Crippen LogP contribution in [0.1, 0.15) is 43.0 Å². The van der Waals surface area contributed by atoms with E-state index in [2.05, 4.69) is 31.4 Å². The molecule has 2 aromatic rings. The van der Waals surface area contributed by atoms with Gasteiger partial charge in [-0.1, -0.05) is 0 Å². The SMILES string of the molecule is O=C(CCn1nc(C(F)(F)F)cc1C1CC1)NCCCn1cc(Br)cn1. The highest BCUT2D eigenvalue weighted by molar-refractivity contribution is 9.10. The Morgan fingerprint density at radius 1 is 1.35 bits per heavy atom. The molecule has 1 fully saturated rings. The van der Waals surface area contributed by atoms with Crippen LogP contribution >= 0.6 is 15.9 Å². The first-order valence-corrected chi connectivity index (χ1v) is 9.22. The predicted molar refractivity (Wildman–Crippen MR) is 91.4 cm³/mol. The lowest BCUT2D eigenvalue weighted by Gasteiger charge is -2.08. The van der Waals surface area contributed by atoms with Gasteiger partial charge in [0.1, 0.15) is 0 Å². The van der Waals surface area contributed by atoms with E-state index in [1.165, 1.54) is 4.68 Å². The number of carbonyl (C=O) groups is 1. The van der Waals surface area contributed by atoms with E-state index in [0.717, 1.165) is 23.4 Å². The zero-order valence-corrected chi connectivity index (χ0v) is 15.6. The average Bonchev–Trinajstić information content (AvgIpc) is 3.18. The van der Waals surface area contributed by atoms with E-state index in [0.29, 0.717) is 25.2 Å². The molecule has 0 aromatic carbocycles. The van der Waals surface area contributed by atoms with Gasteiger partial charge < -0.3 is 5.32 Å². The summed E-state index contributed by atoms with van der Waals surface area (Å²) in [5, 5.41) is 10.5. The van der Waals surface area contributed by atoms with E-state index in [4.69, 9.17) is 0 Å². The normalized spacial score (nSPS) is 14.6. The Morgan fingerprint density at radius 2 is 2.12 bits per heavy atom. The van der Waals surface area contributed by atoms with Crippen molar-refractivity contribution in [2.45, 2.75) is 50.9 Å². The summed E-state index contributed by atoms with van der Waals surface area (Å²) in [5.41, 5.74) is -0.306. The molecule has 1 saturated carbocycles. The number of carbonyl (C=O) groups excluding carboxylic acids is 1. The van der Waals surface area contributed by atoms with Crippen molar-refractivity contribution in [1.29, 1.82) is 0 Å². The highest BCUT2D eigenvalue weighted by atomic mass is 79.9. The van der Waals surface area contributed by atoms with Gasteiger partial charge in [0.2, 0.25) is 5.91 Å². The molecule has 0 bridgehead atoms. The van der Waals surface area contributed by atoms with Crippen LogP contribution in [0.5, 0.6) is 0 Å². The fraction of sp³-hybridized carbons (Fsp3) is 0.562. The molecule has 26 heavy (non-hydrogen) atoms.